The van der Waals surface area contributed by atoms with Crippen molar-refractivity contribution in [3.05, 3.63) is 35.1 Å². The highest BCUT2D eigenvalue weighted by Crippen LogP contribution is 2.30. The predicted octanol–water partition coefficient (Wildman–Crippen LogP) is 3.65. The number of aliphatic hydroxyl groups excluding tert-OH is 1. The predicted molar refractivity (Wildman–Crippen MR) is 81.2 cm³/mol. The monoisotopic (exact) mass is 290 g/mol. The number of hydrogen-bond acceptors (Lipinski definition) is 2. The van der Waals surface area contributed by atoms with Crippen LogP contribution in [-0.4, -0.2) is 17.8 Å². The average Bonchev–Trinajstić information content (AvgIpc) is 2.52. The molecule has 0 heterocycles. The van der Waals surface area contributed by atoms with E-state index in [1.54, 1.807) is 12.1 Å². The number of ether oxygens (including phenoxy) is 1. The Morgan fingerprint density at radius 3 is 2.86 bits per heavy atom. The lowest BCUT2D eigenvalue weighted by molar-refractivity contribution is -0.0231. The fourth-order valence-electron chi connectivity index (χ4n) is 2.94. The molecular weight excluding hydrogens is 267 g/mol. The van der Waals surface area contributed by atoms with Gasteiger partial charge >= 0.3 is 0 Å². The minimum absolute atomic E-state index is 0.216. The Morgan fingerprint density at radius 2 is 2.14 bits per heavy atom. The van der Waals surface area contributed by atoms with Crippen molar-refractivity contribution in [2.75, 3.05) is 6.61 Å². The van der Waals surface area contributed by atoms with E-state index < -0.39 is 0 Å². The zero-order valence-electron chi connectivity index (χ0n) is 12.6. The quantitative estimate of drug-likeness (QED) is 0.858. The number of aliphatic hydroxyl groups is 1. The van der Waals surface area contributed by atoms with E-state index >= 15 is 0 Å². The summed E-state index contributed by atoms with van der Waals surface area (Å²) in [6, 6.07) is 4.89. The molecule has 21 heavy (non-hydrogen) atoms. The van der Waals surface area contributed by atoms with Crippen molar-refractivity contribution in [3.63, 3.8) is 0 Å². The van der Waals surface area contributed by atoms with Gasteiger partial charge in [0.25, 0.3) is 0 Å². The first-order valence-electron chi connectivity index (χ1n) is 7.74. The lowest BCUT2D eigenvalue weighted by Crippen LogP contribution is -2.27. The number of halogens is 1. The topological polar surface area (TPSA) is 29.5 Å². The van der Waals surface area contributed by atoms with Gasteiger partial charge in [0.1, 0.15) is 12.4 Å². The summed E-state index contributed by atoms with van der Waals surface area (Å²) in [5.41, 5.74) is 1.15. The molecular formula is C18H23FO2. The summed E-state index contributed by atoms with van der Waals surface area (Å²) in [6.07, 6.45) is 6.18. The largest absolute Gasteiger partial charge is 0.384 e. The Kier molecular flexibility index (Phi) is 6.22. The van der Waals surface area contributed by atoms with Crippen molar-refractivity contribution in [2.24, 2.45) is 5.92 Å². The van der Waals surface area contributed by atoms with Crippen LogP contribution in [0.1, 0.15) is 50.2 Å². The maximum Gasteiger partial charge on any atom is 0.129 e. The first-order valence-corrected chi connectivity index (χ1v) is 7.74. The molecule has 1 aromatic rings. The second-order valence-electron chi connectivity index (χ2n) is 5.57. The zero-order valence-corrected chi connectivity index (χ0v) is 12.6. The van der Waals surface area contributed by atoms with Gasteiger partial charge < -0.3 is 9.84 Å². The average molecular weight is 290 g/mol. The molecule has 0 bridgehead atoms. The summed E-state index contributed by atoms with van der Waals surface area (Å²) >= 11 is 0. The molecule has 1 fully saturated rings. The fraction of sp³-hybridized carbons (Fsp3) is 0.556. The van der Waals surface area contributed by atoms with Crippen LogP contribution in [-0.2, 0) is 11.3 Å². The van der Waals surface area contributed by atoms with Crippen molar-refractivity contribution in [1.29, 1.82) is 0 Å². The Morgan fingerprint density at radius 1 is 1.33 bits per heavy atom. The van der Waals surface area contributed by atoms with Crippen LogP contribution >= 0.6 is 0 Å². The van der Waals surface area contributed by atoms with E-state index in [4.69, 9.17) is 9.84 Å². The zero-order chi connectivity index (χ0) is 15.1. The molecule has 1 aliphatic carbocycles. The third kappa shape index (κ3) is 4.56. The molecule has 2 rings (SSSR count). The summed E-state index contributed by atoms with van der Waals surface area (Å²) in [5, 5.41) is 8.64. The van der Waals surface area contributed by atoms with Crippen LogP contribution in [0, 0.1) is 23.6 Å². The lowest BCUT2D eigenvalue weighted by Gasteiger charge is -2.30. The highest BCUT2D eigenvalue weighted by atomic mass is 19.1. The van der Waals surface area contributed by atoms with Crippen LogP contribution < -0.4 is 0 Å². The SMILES string of the molecule is CCC1CCCCC1OCc1ccc(C#CCO)cc1F. The molecule has 1 saturated carbocycles. The van der Waals surface area contributed by atoms with Gasteiger partial charge in [-0.05, 0) is 30.9 Å². The first-order chi connectivity index (χ1) is 10.2. The van der Waals surface area contributed by atoms with Crippen molar-refractivity contribution in [3.8, 4) is 11.8 Å². The van der Waals surface area contributed by atoms with E-state index in [0.29, 0.717) is 23.7 Å². The van der Waals surface area contributed by atoms with Crippen LogP contribution in [0.2, 0.25) is 0 Å². The molecule has 2 unspecified atom stereocenters. The number of hydrogen-bond donors (Lipinski definition) is 1. The van der Waals surface area contributed by atoms with Crippen molar-refractivity contribution in [2.45, 2.75) is 51.7 Å². The Bertz CT molecular complexity index is 516. The van der Waals surface area contributed by atoms with Gasteiger partial charge in [0.2, 0.25) is 0 Å². The van der Waals surface area contributed by atoms with Crippen molar-refractivity contribution < 1.29 is 14.2 Å². The molecule has 2 atom stereocenters. The third-order valence-corrected chi connectivity index (χ3v) is 4.18. The van der Waals surface area contributed by atoms with Gasteiger partial charge in [-0.2, -0.15) is 0 Å². The minimum atomic E-state index is -0.288. The van der Waals surface area contributed by atoms with E-state index in [2.05, 4.69) is 18.8 Å². The van der Waals surface area contributed by atoms with Crippen LogP contribution in [0.5, 0.6) is 0 Å². The highest BCUT2D eigenvalue weighted by Gasteiger charge is 2.24. The third-order valence-electron chi connectivity index (χ3n) is 4.18. The Hall–Kier alpha value is -1.37. The number of rotatable bonds is 4. The maximum absolute atomic E-state index is 14.0. The first kappa shape index (κ1) is 16.0. The van der Waals surface area contributed by atoms with Gasteiger partial charge in [-0.15, -0.1) is 0 Å². The molecule has 1 N–H and O–H groups in total. The van der Waals surface area contributed by atoms with Crippen LogP contribution in [0.4, 0.5) is 4.39 Å². The molecule has 114 valence electrons. The van der Waals surface area contributed by atoms with E-state index in [1.165, 1.54) is 25.3 Å². The van der Waals surface area contributed by atoms with Gasteiger partial charge in [0.15, 0.2) is 0 Å². The van der Waals surface area contributed by atoms with Gasteiger partial charge in [0, 0.05) is 11.1 Å². The maximum atomic E-state index is 14.0. The number of benzene rings is 1. The molecule has 0 radical (unpaired) electrons. The molecule has 2 nitrogen and oxygen atoms in total. The molecule has 0 saturated heterocycles. The van der Waals surface area contributed by atoms with Crippen LogP contribution in [0.15, 0.2) is 18.2 Å². The van der Waals surface area contributed by atoms with Crippen molar-refractivity contribution >= 4 is 0 Å². The second-order valence-corrected chi connectivity index (χ2v) is 5.57. The molecule has 0 amide bonds. The van der Waals surface area contributed by atoms with E-state index in [-0.39, 0.29) is 18.5 Å². The molecule has 1 aromatic carbocycles. The van der Waals surface area contributed by atoms with E-state index in [1.807, 2.05) is 0 Å². The normalized spacial score (nSPS) is 21.7. The minimum Gasteiger partial charge on any atom is -0.384 e. The van der Waals surface area contributed by atoms with Gasteiger partial charge in [-0.3, -0.25) is 0 Å². The van der Waals surface area contributed by atoms with Crippen molar-refractivity contribution in [1.82, 2.24) is 0 Å². The second kappa shape index (κ2) is 8.17. The van der Waals surface area contributed by atoms with Crippen LogP contribution in [0.25, 0.3) is 0 Å². The lowest BCUT2D eigenvalue weighted by atomic mass is 9.85. The molecule has 0 aliphatic heterocycles. The van der Waals surface area contributed by atoms with Gasteiger partial charge in [0.05, 0.1) is 12.7 Å². The fourth-order valence-corrected chi connectivity index (χ4v) is 2.94. The molecule has 0 aromatic heterocycles. The summed E-state index contributed by atoms with van der Waals surface area (Å²) in [4.78, 5) is 0. The van der Waals surface area contributed by atoms with Gasteiger partial charge in [-0.1, -0.05) is 44.1 Å². The summed E-state index contributed by atoms with van der Waals surface area (Å²) < 4.78 is 20.0. The smallest absolute Gasteiger partial charge is 0.129 e. The molecule has 0 spiro atoms. The molecule has 3 heteroatoms. The van der Waals surface area contributed by atoms with E-state index in [9.17, 15) is 4.39 Å². The summed E-state index contributed by atoms with van der Waals surface area (Å²) in [5.74, 6) is 5.54. The summed E-state index contributed by atoms with van der Waals surface area (Å²) in [7, 11) is 0. The summed E-state index contributed by atoms with van der Waals surface area (Å²) in [6.45, 7) is 2.30. The van der Waals surface area contributed by atoms with Crippen LogP contribution in [0.3, 0.4) is 0 Å². The standard InChI is InChI=1S/C18H23FO2/c1-2-15-7-3-4-8-18(15)21-13-16-10-9-14(6-5-11-20)12-17(16)19/h9-10,12,15,18,20H,2-4,7-8,11,13H2,1H3. The van der Waals surface area contributed by atoms with E-state index in [0.717, 1.165) is 12.8 Å². The Labute approximate surface area is 126 Å². The Balaban J connectivity index is 1.96. The highest BCUT2D eigenvalue weighted by molar-refractivity contribution is 5.36. The van der Waals surface area contributed by atoms with Gasteiger partial charge in [-0.25, -0.2) is 4.39 Å². The molecule has 1 aliphatic rings.